The van der Waals surface area contributed by atoms with Gasteiger partial charge in [-0.05, 0) is 63.8 Å². The minimum Gasteiger partial charge on any atom is -0.441 e. The molecule has 37 heavy (non-hydrogen) atoms. The van der Waals surface area contributed by atoms with Gasteiger partial charge in [0.25, 0.3) is 11.5 Å². The molecule has 0 bridgehead atoms. The van der Waals surface area contributed by atoms with Crippen LogP contribution in [0.1, 0.15) is 57.4 Å². The Morgan fingerprint density at radius 2 is 1.84 bits per heavy atom. The second-order valence-electron chi connectivity index (χ2n) is 9.33. The number of benzene rings is 1. The molecule has 0 aliphatic carbocycles. The highest BCUT2D eigenvalue weighted by Crippen LogP contribution is 2.32. The SMILES string of the molecule is CCN(CC)C(=O)C1=C(C)N=c2s/c(=C/c3ccc(N4CCCCC4)o3)c(=O)n2[C@H]1c1ccc(Cl)cc1. The number of thiazole rings is 1. The van der Waals surface area contributed by atoms with Gasteiger partial charge >= 0.3 is 0 Å². The van der Waals surface area contributed by atoms with Gasteiger partial charge in [0, 0.05) is 43.3 Å². The Balaban J connectivity index is 1.62. The number of carbonyl (C=O) groups excluding carboxylic acids is 1. The molecular weight excluding hydrogens is 508 g/mol. The Morgan fingerprint density at radius 1 is 1.14 bits per heavy atom. The summed E-state index contributed by atoms with van der Waals surface area (Å²) in [6.45, 7) is 8.85. The van der Waals surface area contributed by atoms with Crippen molar-refractivity contribution in [3.63, 3.8) is 0 Å². The number of allylic oxidation sites excluding steroid dienone is 1. The van der Waals surface area contributed by atoms with E-state index in [1.54, 1.807) is 27.7 Å². The van der Waals surface area contributed by atoms with Crippen LogP contribution >= 0.6 is 22.9 Å². The highest BCUT2D eigenvalue weighted by Gasteiger charge is 2.34. The number of piperidine rings is 1. The fourth-order valence-corrected chi connectivity index (χ4v) is 6.22. The van der Waals surface area contributed by atoms with Gasteiger partial charge in [-0.3, -0.25) is 14.2 Å². The van der Waals surface area contributed by atoms with E-state index in [1.165, 1.54) is 17.8 Å². The van der Waals surface area contributed by atoms with E-state index in [0.29, 0.717) is 44.5 Å². The molecule has 0 spiro atoms. The molecule has 0 saturated carbocycles. The lowest BCUT2D eigenvalue weighted by Gasteiger charge is -2.29. The van der Waals surface area contributed by atoms with Crippen LogP contribution in [0, 0.1) is 0 Å². The lowest BCUT2D eigenvalue weighted by Crippen LogP contribution is -2.43. The van der Waals surface area contributed by atoms with Gasteiger partial charge in [-0.15, -0.1) is 0 Å². The number of nitrogens with zero attached hydrogens (tertiary/aromatic N) is 4. The number of rotatable bonds is 6. The van der Waals surface area contributed by atoms with Crippen molar-refractivity contribution in [2.45, 2.75) is 46.1 Å². The maximum atomic E-state index is 13.8. The third kappa shape index (κ3) is 4.92. The molecule has 5 rings (SSSR count). The van der Waals surface area contributed by atoms with Crippen LogP contribution < -0.4 is 19.8 Å². The molecule has 0 radical (unpaired) electrons. The van der Waals surface area contributed by atoms with Gasteiger partial charge in [-0.25, -0.2) is 4.99 Å². The average molecular weight is 539 g/mol. The van der Waals surface area contributed by atoms with Crippen molar-refractivity contribution >= 4 is 40.8 Å². The third-order valence-electron chi connectivity index (χ3n) is 7.04. The summed E-state index contributed by atoms with van der Waals surface area (Å²) >= 11 is 7.48. The molecule has 1 atom stereocenters. The van der Waals surface area contributed by atoms with E-state index >= 15 is 0 Å². The number of anilines is 1. The number of hydrogen-bond donors (Lipinski definition) is 0. The number of likely N-dealkylation sites (N-methyl/N-ethyl adjacent to an activating group) is 1. The number of hydrogen-bond acceptors (Lipinski definition) is 6. The van der Waals surface area contributed by atoms with Crippen LogP contribution in [0.4, 0.5) is 5.88 Å². The van der Waals surface area contributed by atoms with Crippen molar-refractivity contribution in [1.82, 2.24) is 9.47 Å². The van der Waals surface area contributed by atoms with Gasteiger partial charge in [0.05, 0.1) is 21.8 Å². The topological polar surface area (TPSA) is 71.1 Å². The lowest BCUT2D eigenvalue weighted by atomic mass is 9.94. The predicted octanol–water partition coefficient (Wildman–Crippen LogP) is 4.34. The molecule has 1 saturated heterocycles. The summed E-state index contributed by atoms with van der Waals surface area (Å²) in [5.74, 6) is 1.35. The minimum absolute atomic E-state index is 0.113. The number of carbonyl (C=O) groups is 1. The van der Waals surface area contributed by atoms with E-state index in [-0.39, 0.29) is 11.5 Å². The van der Waals surface area contributed by atoms with Crippen LogP contribution in [0.25, 0.3) is 6.08 Å². The lowest BCUT2D eigenvalue weighted by molar-refractivity contribution is -0.127. The van der Waals surface area contributed by atoms with E-state index in [9.17, 15) is 9.59 Å². The fourth-order valence-electron chi connectivity index (χ4n) is 5.07. The smallest absolute Gasteiger partial charge is 0.271 e. The van der Waals surface area contributed by atoms with Crippen molar-refractivity contribution in [3.05, 3.63) is 83.7 Å². The average Bonchev–Trinajstić information content (AvgIpc) is 3.49. The van der Waals surface area contributed by atoms with Crippen LogP contribution in [0.15, 0.2) is 61.9 Å². The minimum atomic E-state index is -0.593. The molecule has 194 valence electrons. The normalized spacial score (nSPS) is 18.1. The van der Waals surface area contributed by atoms with Gasteiger partial charge in [0.15, 0.2) is 10.7 Å². The second kappa shape index (κ2) is 10.7. The first kappa shape index (κ1) is 25.5. The maximum Gasteiger partial charge on any atom is 0.271 e. The first-order valence-electron chi connectivity index (χ1n) is 12.8. The molecule has 0 N–H and O–H groups in total. The van der Waals surface area contributed by atoms with Crippen LogP contribution in [0.2, 0.25) is 5.02 Å². The van der Waals surface area contributed by atoms with Crippen LogP contribution in [-0.2, 0) is 4.79 Å². The van der Waals surface area contributed by atoms with Crippen molar-refractivity contribution in [3.8, 4) is 0 Å². The zero-order valence-corrected chi connectivity index (χ0v) is 22.9. The molecule has 2 aliphatic rings. The molecule has 0 unspecified atom stereocenters. The monoisotopic (exact) mass is 538 g/mol. The van der Waals surface area contributed by atoms with Gasteiger partial charge in [-0.1, -0.05) is 35.1 Å². The Bertz CT molecular complexity index is 1510. The highest BCUT2D eigenvalue weighted by molar-refractivity contribution is 7.07. The molecule has 1 amide bonds. The summed E-state index contributed by atoms with van der Waals surface area (Å²) in [7, 11) is 0. The summed E-state index contributed by atoms with van der Waals surface area (Å²) in [6.07, 6.45) is 5.35. The molecule has 3 aromatic rings. The van der Waals surface area contributed by atoms with E-state index < -0.39 is 6.04 Å². The molecule has 1 fully saturated rings. The first-order chi connectivity index (χ1) is 17.9. The number of aromatic nitrogens is 1. The molecular formula is C28H31ClN4O3S. The summed E-state index contributed by atoms with van der Waals surface area (Å²) in [5, 5.41) is 0.593. The van der Waals surface area contributed by atoms with Gasteiger partial charge in [0.2, 0.25) is 0 Å². The Labute approximate surface area is 225 Å². The Hall–Kier alpha value is -3.10. The quantitative estimate of drug-likeness (QED) is 0.468. The second-order valence-corrected chi connectivity index (χ2v) is 10.8. The standard InChI is InChI=1S/C28H31ClN4O3S/c1-4-31(5-2)27(35)24-18(3)30-28-33(25(24)19-9-11-20(29)12-10-19)26(34)22(37-28)17-21-13-14-23(36-21)32-15-7-6-8-16-32/h9-14,17,25H,4-8,15-16H2,1-3H3/b22-17+/t25-/m0/s1. The van der Waals surface area contributed by atoms with E-state index in [0.717, 1.165) is 37.4 Å². The highest BCUT2D eigenvalue weighted by atomic mass is 35.5. The van der Waals surface area contributed by atoms with Gasteiger partial charge in [-0.2, -0.15) is 0 Å². The molecule has 9 heteroatoms. The molecule has 2 aliphatic heterocycles. The molecule has 1 aromatic carbocycles. The van der Waals surface area contributed by atoms with Gasteiger partial charge < -0.3 is 14.2 Å². The largest absolute Gasteiger partial charge is 0.441 e. The summed E-state index contributed by atoms with van der Waals surface area (Å²) in [6, 6.07) is 10.6. The Kier molecular flexibility index (Phi) is 7.40. The zero-order chi connectivity index (χ0) is 26.1. The zero-order valence-electron chi connectivity index (χ0n) is 21.4. The van der Waals surface area contributed by atoms with Crippen molar-refractivity contribution in [1.29, 1.82) is 0 Å². The maximum absolute atomic E-state index is 13.8. The first-order valence-corrected chi connectivity index (χ1v) is 14.0. The number of fused-ring (bicyclic) bond motifs is 1. The van der Waals surface area contributed by atoms with Crippen molar-refractivity contribution < 1.29 is 9.21 Å². The van der Waals surface area contributed by atoms with Crippen LogP contribution in [-0.4, -0.2) is 41.6 Å². The van der Waals surface area contributed by atoms with E-state index in [4.69, 9.17) is 21.0 Å². The predicted molar refractivity (Wildman–Crippen MR) is 148 cm³/mol. The molecule has 4 heterocycles. The van der Waals surface area contributed by atoms with Crippen molar-refractivity contribution in [2.75, 3.05) is 31.1 Å². The van der Waals surface area contributed by atoms with E-state index in [1.807, 2.05) is 45.0 Å². The molecule has 7 nitrogen and oxygen atoms in total. The van der Waals surface area contributed by atoms with Crippen LogP contribution in [0.3, 0.4) is 0 Å². The summed E-state index contributed by atoms with van der Waals surface area (Å²) < 4.78 is 8.24. The summed E-state index contributed by atoms with van der Waals surface area (Å²) in [4.78, 5) is 36.7. The van der Waals surface area contributed by atoms with Crippen LogP contribution in [0.5, 0.6) is 0 Å². The number of halogens is 1. The Morgan fingerprint density at radius 3 is 2.51 bits per heavy atom. The fraction of sp³-hybridized carbons (Fsp3) is 0.393. The number of furan rings is 1. The molecule has 2 aromatic heterocycles. The third-order valence-corrected chi connectivity index (χ3v) is 8.28. The van der Waals surface area contributed by atoms with E-state index in [2.05, 4.69) is 4.90 Å². The van der Waals surface area contributed by atoms with Gasteiger partial charge in [0.1, 0.15) is 5.76 Å². The summed E-state index contributed by atoms with van der Waals surface area (Å²) in [5.41, 5.74) is 1.74. The van der Waals surface area contributed by atoms with Crippen molar-refractivity contribution in [2.24, 2.45) is 4.99 Å². The number of amides is 1.